The lowest BCUT2D eigenvalue weighted by Crippen LogP contribution is -2.53. The standard InChI is InChI=1S/C23H33NO6/c1-3-12-22(27,13-4-2)18-8-10-19(11-9-18)28-17-7-16-24-15-6-5-14-23(24)29-20(25)21(26)30-23/h8-11,27H,3-7,12-17H2,1-2H3. The minimum absolute atomic E-state index is 0.488. The minimum Gasteiger partial charge on any atom is -0.494 e. The van der Waals surface area contributed by atoms with Crippen LogP contribution in [-0.4, -0.2) is 47.6 Å². The van der Waals surface area contributed by atoms with Crippen LogP contribution in [0.1, 0.15) is 70.8 Å². The number of carbonyl (C=O) groups excluding carboxylic acids is 2. The number of nitrogens with zero attached hydrogens (tertiary/aromatic N) is 1. The van der Waals surface area contributed by atoms with Gasteiger partial charge in [-0.25, -0.2) is 14.5 Å². The quantitative estimate of drug-likeness (QED) is 0.353. The van der Waals surface area contributed by atoms with Crippen LogP contribution in [0.3, 0.4) is 0 Å². The number of hydrogen-bond donors (Lipinski definition) is 1. The molecule has 7 heteroatoms. The SMILES string of the molecule is CCCC(O)(CCC)c1ccc(OCCCN2CCCCC23OC(=O)C(=O)O3)cc1. The van der Waals surface area contributed by atoms with Gasteiger partial charge >= 0.3 is 17.8 Å². The molecule has 0 aliphatic carbocycles. The number of rotatable bonds is 10. The molecule has 0 unspecified atom stereocenters. The van der Waals surface area contributed by atoms with Gasteiger partial charge in [0.05, 0.1) is 12.2 Å². The van der Waals surface area contributed by atoms with Crippen molar-refractivity contribution < 1.29 is 28.9 Å². The van der Waals surface area contributed by atoms with E-state index in [9.17, 15) is 14.7 Å². The summed E-state index contributed by atoms with van der Waals surface area (Å²) in [5.41, 5.74) is 0.152. The van der Waals surface area contributed by atoms with E-state index in [0.29, 0.717) is 32.5 Å². The summed E-state index contributed by atoms with van der Waals surface area (Å²) < 4.78 is 16.4. The molecular formula is C23H33NO6. The van der Waals surface area contributed by atoms with Gasteiger partial charge in [0.2, 0.25) is 0 Å². The largest absolute Gasteiger partial charge is 0.494 e. The van der Waals surface area contributed by atoms with Crippen LogP contribution in [0.25, 0.3) is 0 Å². The van der Waals surface area contributed by atoms with E-state index in [1.807, 2.05) is 29.2 Å². The Balaban J connectivity index is 1.50. The van der Waals surface area contributed by atoms with E-state index in [4.69, 9.17) is 14.2 Å². The number of ether oxygens (including phenoxy) is 3. The summed E-state index contributed by atoms with van der Waals surface area (Å²) in [6, 6.07) is 7.68. The Morgan fingerprint density at radius 3 is 2.30 bits per heavy atom. The third-order valence-electron chi connectivity index (χ3n) is 5.88. The Kier molecular flexibility index (Phi) is 7.36. The highest BCUT2D eigenvalue weighted by molar-refractivity contribution is 6.31. The van der Waals surface area contributed by atoms with Crippen molar-refractivity contribution in [3.05, 3.63) is 29.8 Å². The van der Waals surface area contributed by atoms with Crippen molar-refractivity contribution >= 4 is 11.9 Å². The molecule has 1 spiro atoms. The summed E-state index contributed by atoms with van der Waals surface area (Å²) in [6.45, 7) is 5.96. The van der Waals surface area contributed by atoms with Crippen molar-refractivity contribution in [1.82, 2.24) is 4.90 Å². The topological polar surface area (TPSA) is 85.3 Å². The van der Waals surface area contributed by atoms with E-state index < -0.39 is 23.5 Å². The minimum atomic E-state index is -1.23. The normalized spacial score (nSPS) is 19.0. The summed E-state index contributed by atoms with van der Waals surface area (Å²) >= 11 is 0. The monoisotopic (exact) mass is 419 g/mol. The molecule has 2 heterocycles. The van der Waals surface area contributed by atoms with E-state index >= 15 is 0 Å². The lowest BCUT2D eigenvalue weighted by Gasteiger charge is -2.40. The lowest BCUT2D eigenvalue weighted by molar-refractivity contribution is -0.263. The van der Waals surface area contributed by atoms with Gasteiger partial charge in [-0.05, 0) is 49.8 Å². The van der Waals surface area contributed by atoms with Crippen molar-refractivity contribution in [3.8, 4) is 5.75 Å². The van der Waals surface area contributed by atoms with Gasteiger partial charge in [-0.3, -0.25) is 0 Å². The number of benzene rings is 1. The third kappa shape index (κ3) is 4.95. The highest BCUT2D eigenvalue weighted by Crippen LogP contribution is 2.35. The number of piperidine rings is 1. The Morgan fingerprint density at radius 1 is 1.07 bits per heavy atom. The smallest absolute Gasteiger partial charge is 0.421 e. The maximum atomic E-state index is 11.5. The van der Waals surface area contributed by atoms with E-state index in [1.165, 1.54) is 0 Å². The zero-order valence-corrected chi connectivity index (χ0v) is 18.0. The van der Waals surface area contributed by atoms with Crippen molar-refractivity contribution in [2.75, 3.05) is 19.7 Å². The van der Waals surface area contributed by atoms with Gasteiger partial charge in [0.15, 0.2) is 0 Å². The molecule has 0 bridgehead atoms. The average Bonchev–Trinajstić information content (AvgIpc) is 3.01. The highest BCUT2D eigenvalue weighted by Gasteiger charge is 2.53. The summed E-state index contributed by atoms with van der Waals surface area (Å²) in [5.74, 6) is -2.30. The van der Waals surface area contributed by atoms with Crippen molar-refractivity contribution in [2.45, 2.75) is 76.7 Å². The first-order valence-corrected chi connectivity index (χ1v) is 11.1. The molecule has 166 valence electrons. The first-order chi connectivity index (χ1) is 14.4. The van der Waals surface area contributed by atoms with Crippen LogP contribution in [0.4, 0.5) is 0 Å². The molecular weight excluding hydrogens is 386 g/mol. The van der Waals surface area contributed by atoms with Gasteiger partial charge in [-0.2, -0.15) is 0 Å². The number of esters is 2. The van der Waals surface area contributed by atoms with Gasteiger partial charge in [-0.15, -0.1) is 0 Å². The molecule has 2 fully saturated rings. The molecule has 0 saturated carbocycles. The van der Waals surface area contributed by atoms with E-state index in [2.05, 4.69) is 13.8 Å². The lowest BCUT2D eigenvalue weighted by atomic mass is 9.85. The van der Waals surface area contributed by atoms with Crippen LogP contribution in [0, 0.1) is 0 Å². The molecule has 0 amide bonds. The van der Waals surface area contributed by atoms with Crippen LogP contribution in [0.2, 0.25) is 0 Å². The third-order valence-corrected chi connectivity index (χ3v) is 5.88. The second-order valence-electron chi connectivity index (χ2n) is 8.19. The Bertz CT molecular complexity index is 710. The number of carbonyl (C=O) groups is 2. The molecule has 2 aliphatic heterocycles. The highest BCUT2D eigenvalue weighted by atomic mass is 16.8. The fraction of sp³-hybridized carbons (Fsp3) is 0.652. The second-order valence-corrected chi connectivity index (χ2v) is 8.19. The van der Waals surface area contributed by atoms with E-state index in [0.717, 1.165) is 49.8 Å². The summed E-state index contributed by atoms with van der Waals surface area (Å²) in [7, 11) is 0. The molecule has 2 aliphatic rings. The summed E-state index contributed by atoms with van der Waals surface area (Å²) in [4.78, 5) is 25.0. The van der Waals surface area contributed by atoms with Gasteiger partial charge < -0.3 is 19.3 Å². The van der Waals surface area contributed by atoms with Crippen LogP contribution < -0.4 is 4.74 Å². The Morgan fingerprint density at radius 2 is 1.70 bits per heavy atom. The maximum Gasteiger partial charge on any atom is 0.421 e. The average molecular weight is 420 g/mol. The fourth-order valence-electron chi connectivity index (χ4n) is 4.43. The number of likely N-dealkylation sites (tertiary alicyclic amines) is 1. The molecule has 2 saturated heterocycles. The van der Waals surface area contributed by atoms with Crippen molar-refractivity contribution in [2.24, 2.45) is 0 Å². The number of hydrogen-bond acceptors (Lipinski definition) is 7. The predicted octanol–water partition coefficient (Wildman–Crippen LogP) is 3.48. The molecule has 1 aromatic rings. The molecule has 0 atom stereocenters. The Labute approximate surface area is 178 Å². The van der Waals surface area contributed by atoms with Gasteiger partial charge in [-0.1, -0.05) is 38.8 Å². The summed E-state index contributed by atoms with van der Waals surface area (Å²) in [5, 5.41) is 11.0. The molecule has 30 heavy (non-hydrogen) atoms. The summed E-state index contributed by atoms with van der Waals surface area (Å²) in [6.07, 6.45) is 6.37. The fourth-order valence-corrected chi connectivity index (χ4v) is 4.43. The van der Waals surface area contributed by atoms with Gasteiger partial charge in [0.1, 0.15) is 5.75 Å². The van der Waals surface area contributed by atoms with Crippen LogP contribution in [0.15, 0.2) is 24.3 Å². The first kappa shape index (κ1) is 22.6. The molecule has 0 radical (unpaired) electrons. The van der Waals surface area contributed by atoms with Crippen LogP contribution >= 0.6 is 0 Å². The van der Waals surface area contributed by atoms with Gasteiger partial charge in [0, 0.05) is 19.5 Å². The van der Waals surface area contributed by atoms with Crippen LogP contribution in [-0.2, 0) is 24.7 Å². The zero-order valence-electron chi connectivity index (χ0n) is 18.0. The second kappa shape index (κ2) is 9.79. The molecule has 1 N–H and O–H groups in total. The van der Waals surface area contributed by atoms with E-state index in [1.54, 1.807) is 0 Å². The molecule has 3 rings (SSSR count). The number of aliphatic hydroxyl groups is 1. The molecule has 1 aromatic carbocycles. The first-order valence-electron chi connectivity index (χ1n) is 11.1. The van der Waals surface area contributed by atoms with E-state index in [-0.39, 0.29) is 0 Å². The zero-order chi connectivity index (χ0) is 21.6. The maximum absolute atomic E-state index is 11.5. The van der Waals surface area contributed by atoms with Gasteiger partial charge in [0.25, 0.3) is 0 Å². The van der Waals surface area contributed by atoms with Crippen LogP contribution in [0.5, 0.6) is 5.75 Å². The predicted molar refractivity (Wildman–Crippen MR) is 111 cm³/mol. The van der Waals surface area contributed by atoms with Crippen molar-refractivity contribution in [3.63, 3.8) is 0 Å². The molecule has 0 aromatic heterocycles. The van der Waals surface area contributed by atoms with Crippen molar-refractivity contribution in [1.29, 1.82) is 0 Å². The Hall–Kier alpha value is -2.12. The molecule has 7 nitrogen and oxygen atoms in total.